The topological polar surface area (TPSA) is 26.2 Å². The van der Waals surface area contributed by atoms with Crippen molar-refractivity contribution >= 4 is 11.4 Å². The van der Waals surface area contributed by atoms with Crippen LogP contribution in [0.2, 0.25) is 0 Å². The second kappa shape index (κ2) is 7.56. The maximum absolute atomic E-state index is 12.5. The molecule has 1 heterocycles. The molecule has 0 unspecified atom stereocenters. The molecule has 6 heteroatoms. The van der Waals surface area contributed by atoms with Gasteiger partial charge in [-0.05, 0) is 29.8 Å². The third kappa shape index (κ3) is 4.59. The van der Waals surface area contributed by atoms with Crippen molar-refractivity contribution < 1.29 is 17.9 Å². The van der Waals surface area contributed by atoms with E-state index in [1.54, 1.807) is 24.1 Å². The minimum absolute atomic E-state index is 0.117. The number of benzene rings is 2. The van der Waals surface area contributed by atoms with Gasteiger partial charge in [0.25, 0.3) is 0 Å². The van der Waals surface area contributed by atoms with Gasteiger partial charge in [-0.3, -0.25) is 0 Å². The molecular weight excluding hydrogens is 341 g/mol. The van der Waals surface area contributed by atoms with E-state index in [0.717, 1.165) is 28.3 Å². The molecule has 0 spiro atoms. The molecule has 0 saturated carbocycles. The van der Waals surface area contributed by atoms with Crippen LogP contribution in [-0.4, -0.2) is 17.9 Å². The Morgan fingerprint density at radius 2 is 1.65 bits per heavy atom. The van der Waals surface area contributed by atoms with E-state index in [4.69, 9.17) is 4.74 Å². The minimum atomic E-state index is -4.18. The predicted octanol–water partition coefficient (Wildman–Crippen LogP) is 5.86. The lowest BCUT2D eigenvalue weighted by molar-refractivity contribution is -0.136. The van der Waals surface area contributed by atoms with Gasteiger partial charge >= 0.3 is 6.18 Å². The van der Waals surface area contributed by atoms with Crippen LogP contribution in [0, 0.1) is 0 Å². The number of alkyl halides is 3. The molecule has 2 aromatic carbocycles. The second-order valence-corrected chi connectivity index (χ2v) is 5.91. The van der Waals surface area contributed by atoms with Gasteiger partial charge in [-0.25, -0.2) is 0 Å². The molecule has 0 saturated heterocycles. The van der Waals surface area contributed by atoms with Crippen LogP contribution in [0.1, 0.15) is 6.42 Å². The van der Waals surface area contributed by atoms with E-state index < -0.39 is 12.6 Å². The molecule has 0 aliphatic rings. The van der Waals surface area contributed by atoms with Gasteiger partial charge in [0.15, 0.2) is 0 Å². The summed E-state index contributed by atoms with van der Waals surface area (Å²) in [5.41, 5.74) is 3.37. The molecule has 0 aliphatic heterocycles. The summed E-state index contributed by atoms with van der Waals surface area (Å²) in [5, 5.41) is 3.28. The summed E-state index contributed by atoms with van der Waals surface area (Å²) in [6.45, 7) is -0.117. The van der Waals surface area contributed by atoms with E-state index in [-0.39, 0.29) is 6.54 Å². The first-order valence-electron chi connectivity index (χ1n) is 8.17. The molecule has 0 aliphatic carbocycles. The van der Waals surface area contributed by atoms with Crippen LogP contribution in [0.3, 0.4) is 0 Å². The predicted molar refractivity (Wildman–Crippen MR) is 96.8 cm³/mol. The number of aromatic nitrogens is 1. The van der Waals surface area contributed by atoms with Crippen molar-refractivity contribution in [2.45, 2.75) is 19.1 Å². The van der Waals surface area contributed by atoms with Crippen molar-refractivity contribution in [3.05, 3.63) is 67.0 Å². The highest BCUT2D eigenvalue weighted by Crippen LogP contribution is 2.32. The molecule has 1 N–H and O–H groups in total. The third-order valence-corrected chi connectivity index (χ3v) is 3.99. The number of halogens is 3. The van der Waals surface area contributed by atoms with Crippen molar-refractivity contribution in [1.29, 1.82) is 0 Å². The van der Waals surface area contributed by atoms with Crippen molar-refractivity contribution in [3.8, 4) is 16.9 Å². The molecule has 3 aromatic rings. The molecule has 0 amide bonds. The van der Waals surface area contributed by atoms with Crippen LogP contribution in [0.4, 0.5) is 24.5 Å². The molecule has 136 valence electrons. The van der Waals surface area contributed by atoms with Gasteiger partial charge in [0.2, 0.25) is 0 Å². The highest BCUT2D eigenvalue weighted by atomic mass is 19.4. The maximum atomic E-state index is 12.5. The minimum Gasteiger partial charge on any atom is -0.497 e. The standard InChI is InChI=1S/C20H19F3N2O/c1-26-17-9-7-16(8-10-17)24-19-14-25(12-11-20(21,22)23)13-18(19)15-5-3-2-4-6-15/h2-10,13-14,24H,11-12H2,1H3. The number of nitrogens with zero attached hydrogens (tertiary/aromatic N) is 1. The van der Waals surface area contributed by atoms with E-state index in [1.807, 2.05) is 54.6 Å². The summed E-state index contributed by atoms with van der Waals surface area (Å²) < 4.78 is 44.4. The number of methoxy groups -OCH3 is 1. The van der Waals surface area contributed by atoms with Gasteiger partial charge in [-0.1, -0.05) is 30.3 Å². The zero-order valence-electron chi connectivity index (χ0n) is 14.3. The first-order valence-corrected chi connectivity index (χ1v) is 8.17. The van der Waals surface area contributed by atoms with Crippen LogP contribution in [0.25, 0.3) is 11.1 Å². The average Bonchev–Trinajstić information content (AvgIpc) is 3.04. The highest BCUT2D eigenvalue weighted by Gasteiger charge is 2.26. The van der Waals surface area contributed by atoms with Gasteiger partial charge in [-0.2, -0.15) is 13.2 Å². The molecule has 26 heavy (non-hydrogen) atoms. The van der Waals surface area contributed by atoms with Crippen molar-refractivity contribution in [3.63, 3.8) is 0 Å². The number of rotatable bonds is 6. The number of hydrogen-bond donors (Lipinski definition) is 1. The Hall–Kier alpha value is -2.89. The summed E-state index contributed by atoms with van der Waals surface area (Å²) in [6.07, 6.45) is -1.59. The van der Waals surface area contributed by atoms with E-state index >= 15 is 0 Å². The molecular formula is C20H19F3N2O. The lowest BCUT2D eigenvalue weighted by Crippen LogP contribution is -2.11. The van der Waals surface area contributed by atoms with Crippen molar-refractivity contribution in [2.75, 3.05) is 12.4 Å². The zero-order valence-corrected chi connectivity index (χ0v) is 14.3. The van der Waals surface area contributed by atoms with Crippen LogP contribution >= 0.6 is 0 Å². The number of anilines is 2. The molecule has 0 atom stereocenters. The Morgan fingerprint density at radius 3 is 2.27 bits per heavy atom. The van der Waals surface area contributed by atoms with Gasteiger partial charge in [0.1, 0.15) is 5.75 Å². The number of aryl methyl sites for hydroxylation is 1. The summed E-state index contributed by atoms with van der Waals surface area (Å²) >= 11 is 0. The Bertz CT molecular complexity index is 840. The molecule has 1 aromatic heterocycles. The molecule has 3 nitrogen and oxygen atoms in total. The summed E-state index contributed by atoms with van der Waals surface area (Å²) in [4.78, 5) is 0. The fourth-order valence-corrected chi connectivity index (χ4v) is 2.67. The smallest absolute Gasteiger partial charge is 0.390 e. The number of hydrogen-bond acceptors (Lipinski definition) is 2. The highest BCUT2D eigenvalue weighted by molar-refractivity contribution is 5.80. The first kappa shape index (κ1) is 17.9. The summed E-state index contributed by atoms with van der Waals surface area (Å²) in [7, 11) is 1.59. The van der Waals surface area contributed by atoms with Crippen molar-refractivity contribution in [2.24, 2.45) is 0 Å². The first-order chi connectivity index (χ1) is 12.4. The van der Waals surface area contributed by atoms with E-state index in [2.05, 4.69) is 5.32 Å². The lowest BCUT2D eigenvalue weighted by Gasteiger charge is -2.08. The van der Waals surface area contributed by atoms with Gasteiger partial charge in [0.05, 0.1) is 19.2 Å². The number of nitrogens with one attached hydrogen (secondary N) is 1. The largest absolute Gasteiger partial charge is 0.497 e. The van der Waals surface area contributed by atoms with Crippen LogP contribution in [-0.2, 0) is 6.54 Å². The van der Waals surface area contributed by atoms with E-state index in [9.17, 15) is 13.2 Å². The molecule has 3 rings (SSSR count). The Labute approximate surface area is 150 Å². The number of ether oxygens (including phenoxy) is 1. The monoisotopic (exact) mass is 360 g/mol. The molecule has 0 radical (unpaired) electrons. The third-order valence-electron chi connectivity index (χ3n) is 3.99. The molecule has 0 bridgehead atoms. The van der Waals surface area contributed by atoms with Gasteiger partial charge in [-0.15, -0.1) is 0 Å². The average molecular weight is 360 g/mol. The zero-order chi connectivity index (χ0) is 18.6. The Balaban J connectivity index is 1.89. The quantitative estimate of drug-likeness (QED) is 0.596. The summed E-state index contributed by atoms with van der Waals surface area (Å²) in [5.74, 6) is 0.738. The Kier molecular flexibility index (Phi) is 5.21. The van der Waals surface area contributed by atoms with Crippen LogP contribution in [0.15, 0.2) is 67.0 Å². The summed E-state index contributed by atoms with van der Waals surface area (Å²) in [6, 6.07) is 16.9. The SMILES string of the molecule is COc1ccc(Nc2cn(CCC(F)(F)F)cc2-c2ccccc2)cc1. The normalized spacial score (nSPS) is 11.4. The van der Waals surface area contributed by atoms with Gasteiger partial charge < -0.3 is 14.6 Å². The second-order valence-electron chi connectivity index (χ2n) is 5.91. The van der Waals surface area contributed by atoms with Crippen molar-refractivity contribution in [1.82, 2.24) is 4.57 Å². The van der Waals surface area contributed by atoms with Crippen LogP contribution in [0.5, 0.6) is 5.75 Å². The van der Waals surface area contributed by atoms with Gasteiger partial charge in [0, 0.05) is 30.2 Å². The lowest BCUT2D eigenvalue weighted by atomic mass is 10.1. The fraction of sp³-hybridized carbons (Fsp3) is 0.200. The van der Waals surface area contributed by atoms with E-state index in [1.165, 1.54) is 0 Å². The maximum Gasteiger partial charge on any atom is 0.390 e. The van der Waals surface area contributed by atoms with E-state index in [0.29, 0.717) is 0 Å². The fourth-order valence-electron chi connectivity index (χ4n) is 2.67. The van der Waals surface area contributed by atoms with Crippen LogP contribution < -0.4 is 10.1 Å². The Morgan fingerprint density at radius 1 is 0.962 bits per heavy atom. The molecule has 0 fully saturated rings.